The summed E-state index contributed by atoms with van der Waals surface area (Å²) in [6.07, 6.45) is 2.74. The Balaban J connectivity index is 2.03. The molecule has 0 fully saturated rings. The van der Waals surface area contributed by atoms with E-state index < -0.39 is 0 Å². The Morgan fingerprint density at radius 2 is 2.40 bits per heavy atom. The molecule has 3 heterocycles. The van der Waals surface area contributed by atoms with Crippen LogP contribution in [0.1, 0.15) is 29.0 Å². The van der Waals surface area contributed by atoms with E-state index in [-0.39, 0.29) is 11.9 Å². The zero-order valence-corrected chi connectivity index (χ0v) is 12.0. The van der Waals surface area contributed by atoms with Gasteiger partial charge in [0.15, 0.2) is 5.84 Å². The number of pyridine rings is 1. The van der Waals surface area contributed by atoms with E-state index in [0.29, 0.717) is 5.56 Å². The van der Waals surface area contributed by atoms with Crippen molar-refractivity contribution in [3.63, 3.8) is 0 Å². The molecule has 20 heavy (non-hydrogen) atoms. The third-order valence-electron chi connectivity index (χ3n) is 3.72. The molecule has 0 aliphatic carbocycles. The third kappa shape index (κ3) is 2.02. The number of nitrogens with two attached hydrogens (primary N) is 1. The van der Waals surface area contributed by atoms with Crippen molar-refractivity contribution >= 4 is 23.0 Å². The number of fused-ring (bicyclic) bond motifs is 1. The molecule has 104 valence electrons. The van der Waals surface area contributed by atoms with E-state index in [4.69, 9.17) is 10.9 Å². The van der Waals surface area contributed by atoms with Gasteiger partial charge in [-0.25, -0.2) is 4.98 Å². The quantitative estimate of drug-likeness (QED) is 0.385. The lowest BCUT2D eigenvalue weighted by atomic mass is 10.0. The maximum Gasteiger partial charge on any atom is 0.173 e. The summed E-state index contributed by atoms with van der Waals surface area (Å²) in [6.45, 7) is 3.05. The summed E-state index contributed by atoms with van der Waals surface area (Å²) in [4.78, 5) is 8.09. The van der Waals surface area contributed by atoms with Crippen LogP contribution in [-0.4, -0.2) is 22.6 Å². The van der Waals surface area contributed by atoms with Gasteiger partial charge in [-0.3, -0.25) is 0 Å². The lowest BCUT2D eigenvalue weighted by molar-refractivity contribution is 0.318. The average molecular weight is 288 g/mol. The molecule has 1 aliphatic rings. The minimum absolute atomic E-state index is 0.0939. The Morgan fingerprint density at radius 3 is 3.20 bits per heavy atom. The first-order valence-corrected chi connectivity index (χ1v) is 7.36. The Hall–Kier alpha value is -2.08. The van der Waals surface area contributed by atoms with Crippen LogP contribution in [0, 0.1) is 0 Å². The van der Waals surface area contributed by atoms with Crippen molar-refractivity contribution in [3.05, 3.63) is 45.8 Å². The number of anilines is 1. The van der Waals surface area contributed by atoms with Gasteiger partial charge in [-0.15, -0.1) is 11.3 Å². The van der Waals surface area contributed by atoms with Gasteiger partial charge in [-0.1, -0.05) is 5.16 Å². The molecule has 0 radical (unpaired) electrons. The molecule has 0 spiro atoms. The van der Waals surface area contributed by atoms with Gasteiger partial charge in [-0.05, 0) is 42.5 Å². The molecule has 2 aromatic heterocycles. The van der Waals surface area contributed by atoms with Crippen LogP contribution in [0.3, 0.4) is 0 Å². The number of amidine groups is 1. The van der Waals surface area contributed by atoms with Gasteiger partial charge in [0.1, 0.15) is 5.82 Å². The fourth-order valence-corrected chi connectivity index (χ4v) is 3.64. The topological polar surface area (TPSA) is 74.7 Å². The first-order valence-electron chi connectivity index (χ1n) is 6.48. The minimum Gasteiger partial charge on any atom is -0.409 e. The van der Waals surface area contributed by atoms with Crippen LogP contribution in [0.4, 0.5) is 5.82 Å². The van der Waals surface area contributed by atoms with Crippen molar-refractivity contribution < 1.29 is 5.21 Å². The highest BCUT2D eigenvalue weighted by molar-refractivity contribution is 7.10. The van der Waals surface area contributed by atoms with Crippen molar-refractivity contribution in [2.75, 3.05) is 11.4 Å². The first-order chi connectivity index (χ1) is 9.72. The molecular formula is C14H16N4OS. The number of oxime groups is 1. The highest BCUT2D eigenvalue weighted by Crippen LogP contribution is 2.36. The zero-order chi connectivity index (χ0) is 14.1. The second-order valence-electron chi connectivity index (χ2n) is 4.78. The Morgan fingerprint density at radius 1 is 1.55 bits per heavy atom. The van der Waals surface area contributed by atoms with E-state index in [2.05, 4.69) is 33.4 Å². The van der Waals surface area contributed by atoms with Crippen LogP contribution in [0.25, 0.3) is 0 Å². The molecule has 0 saturated carbocycles. The van der Waals surface area contributed by atoms with Gasteiger partial charge in [0.2, 0.25) is 0 Å². The zero-order valence-electron chi connectivity index (χ0n) is 11.2. The largest absolute Gasteiger partial charge is 0.409 e. The van der Waals surface area contributed by atoms with E-state index >= 15 is 0 Å². The predicted octanol–water partition coefficient (Wildman–Crippen LogP) is 2.36. The molecule has 1 aliphatic heterocycles. The maximum absolute atomic E-state index is 8.92. The third-order valence-corrected chi connectivity index (χ3v) is 4.72. The summed E-state index contributed by atoms with van der Waals surface area (Å²) in [6, 6.07) is 6.03. The molecule has 3 N–H and O–H groups in total. The average Bonchev–Trinajstić information content (AvgIpc) is 2.96. The molecule has 5 nitrogen and oxygen atoms in total. The minimum atomic E-state index is 0.0939. The highest BCUT2D eigenvalue weighted by Gasteiger charge is 2.27. The van der Waals surface area contributed by atoms with Crippen molar-refractivity contribution in [1.82, 2.24) is 4.98 Å². The fraction of sp³-hybridized carbons (Fsp3) is 0.286. The number of hydrogen-bond acceptors (Lipinski definition) is 5. The molecule has 0 aromatic carbocycles. The van der Waals surface area contributed by atoms with E-state index in [1.165, 1.54) is 10.4 Å². The number of rotatable bonds is 2. The van der Waals surface area contributed by atoms with Crippen molar-refractivity contribution in [2.45, 2.75) is 19.4 Å². The second kappa shape index (κ2) is 5.13. The number of nitrogens with zero attached hydrogens (tertiary/aromatic N) is 3. The van der Waals surface area contributed by atoms with Crippen LogP contribution in [0.5, 0.6) is 0 Å². The Kier molecular flexibility index (Phi) is 3.31. The van der Waals surface area contributed by atoms with Gasteiger partial charge in [0.25, 0.3) is 0 Å². The monoisotopic (exact) mass is 288 g/mol. The van der Waals surface area contributed by atoms with Gasteiger partial charge in [-0.2, -0.15) is 0 Å². The van der Waals surface area contributed by atoms with Gasteiger partial charge in [0, 0.05) is 17.6 Å². The lowest BCUT2D eigenvalue weighted by Gasteiger charge is -2.35. The van der Waals surface area contributed by atoms with Gasteiger partial charge >= 0.3 is 0 Å². The molecule has 6 heteroatoms. The van der Waals surface area contributed by atoms with Crippen LogP contribution >= 0.6 is 11.3 Å². The predicted molar refractivity (Wildman–Crippen MR) is 80.5 cm³/mol. The van der Waals surface area contributed by atoms with Crippen LogP contribution in [0.15, 0.2) is 34.9 Å². The van der Waals surface area contributed by atoms with Gasteiger partial charge < -0.3 is 15.8 Å². The maximum atomic E-state index is 8.92. The van der Waals surface area contributed by atoms with Crippen molar-refractivity contribution in [1.29, 1.82) is 0 Å². The van der Waals surface area contributed by atoms with Gasteiger partial charge in [0.05, 0.1) is 11.6 Å². The summed E-state index contributed by atoms with van der Waals surface area (Å²) in [7, 11) is 0. The smallest absolute Gasteiger partial charge is 0.173 e. The normalized spacial score (nSPS) is 18.9. The van der Waals surface area contributed by atoms with E-state index in [9.17, 15) is 0 Å². The van der Waals surface area contributed by atoms with Crippen LogP contribution < -0.4 is 10.6 Å². The first kappa shape index (κ1) is 12.9. The Bertz CT molecular complexity index is 652. The molecule has 0 bridgehead atoms. The number of aromatic nitrogens is 1. The van der Waals surface area contributed by atoms with E-state index in [0.717, 1.165) is 18.8 Å². The molecular weight excluding hydrogens is 272 g/mol. The van der Waals surface area contributed by atoms with Crippen molar-refractivity contribution in [3.8, 4) is 0 Å². The molecule has 0 amide bonds. The van der Waals surface area contributed by atoms with Crippen molar-refractivity contribution in [2.24, 2.45) is 10.9 Å². The molecule has 3 rings (SSSR count). The standard InChI is InChI=1S/C14H16N4OS/c1-9-10-5-8-20-12(10)4-7-18(9)14-11(13(15)17-19)3-2-6-16-14/h2-3,5-6,8-9,19H,4,7H2,1H3,(H2,15,17). The summed E-state index contributed by atoms with van der Waals surface area (Å²) < 4.78 is 0. The molecule has 1 atom stereocenters. The molecule has 1 unspecified atom stereocenters. The Labute approximate surface area is 121 Å². The fourth-order valence-electron chi connectivity index (χ4n) is 2.68. The summed E-state index contributed by atoms with van der Waals surface area (Å²) in [5.41, 5.74) is 7.77. The number of hydrogen-bond donors (Lipinski definition) is 2. The molecule has 0 saturated heterocycles. The van der Waals surface area contributed by atoms with E-state index in [1.807, 2.05) is 6.07 Å². The summed E-state index contributed by atoms with van der Waals surface area (Å²) in [5, 5.41) is 14.2. The SMILES string of the molecule is CC1c2ccsc2CCN1c1ncccc1/C(N)=N/O. The number of thiophene rings is 1. The lowest BCUT2D eigenvalue weighted by Crippen LogP contribution is -2.35. The highest BCUT2D eigenvalue weighted by atomic mass is 32.1. The van der Waals surface area contributed by atoms with E-state index in [1.54, 1.807) is 23.6 Å². The summed E-state index contributed by atoms with van der Waals surface area (Å²) >= 11 is 1.81. The molecule has 2 aromatic rings. The summed E-state index contributed by atoms with van der Waals surface area (Å²) in [5.74, 6) is 0.864. The second-order valence-corrected chi connectivity index (χ2v) is 5.78. The van der Waals surface area contributed by atoms with Crippen LogP contribution in [0.2, 0.25) is 0 Å². The van der Waals surface area contributed by atoms with Crippen LogP contribution in [-0.2, 0) is 6.42 Å².